The maximum atomic E-state index is 13.8. The summed E-state index contributed by atoms with van der Waals surface area (Å²) in [7, 11) is 0. The Hall–Kier alpha value is -4.80. The van der Waals surface area contributed by atoms with Crippen molar-refractivity contribution in [3.63, 3.8) is 0 Å². The number of halogens is 1. The maximum absolute atomic E-state index is 13.8. The molecule has 4 N–H and O–H groups in total. The zero-order valence-corrected chi connectivity index (χ0v) is 18.2. The van der Waals surface area contributed by atoms with E-state index in [1.165, 1.54) is 18.6 Å². The van der Waals surface area contributed by atoms with Gasteiger partial charge in [0, 0.05) is 24.8 Å². The van der Waals surface area contributed by atoms with Gasteiger partial charge in [-0.15, -0.1) is 0 Å². The Morgan fingerprint density at radius 2 is 1.89 bits per heavy atom. The van der Waals surface area contributed by atoms with E-state index in [-0.39, 0.29) is 42.4 Å². The Balaban J connectivity index is 1.29. The molecular weight excluding hydrogens is 455 g/mol. The Morgan fingerprint density at radius 3 is 2.74 bits per heavy atom. The zero-order chi connectivity index (χ0) is 24.4. The maximum Gasteiger partial charge on any atom is 0.272 e. The molecule has 1 aliphatic heterocycles. The molecule has 0 unspecified atom stereocenters. The van der Waals surface area contributed by atoms with Gasteiger partial charge in [0.05, 0.1) is 16.8 Å². The van der Waals surface area contributed by atoms with Gasteiger partial charge < -0.3 is 25.7 Å². The molecule has 11 heteroatoms. The van der Waals surface area contributed by atoms with Gasteiger partial charge in [0.15, 0.2) is 12.3 Å². The summed E-state index contributed by atoms with van der Waals surface area (Å²) in [5.74, 6) is -1.05. The first-order valence-electron chi connectivity index (χ1n) is 10.7. The number of aromatic amines is 1. The van der Waals surface area contributed by atoms with Gasteiger partial charge >= 0.3 is 0 Å². The highest BCUT2D eigenvalue weighted by Crippen LogP contribution is 2.28. The van der Waals surface area contributed by atoms with Crippen molar-refractivity contribution < 1.29 is 23.5 Å². The lowest BCUT2D eigenvalue weighted by atomic mass is 10.1. The lowest BCUT2D eigenvalue weighted by Gasteiger charge is -2.18. The summed E-state index contributed by atoms with van der Waals surface area (Å²) >= 11 is 0. The van der Waals surface area contributed by atoms with Gasteiger partial charge in [-0.05, 0) is 23.8 Å². The number of amides is 3. The number of nitrogens with zero attached hydrogens (tertiary/aromatic N) is 2. The number of fused-ring (bicyclic) bond motifs is 2. The third-order valence-electron chi connectivity index (χ3n) is 5.45. The van der Waals surface area contributed by atoms with E-state index in [1.807, 2.05) is 0 Å². The van der Waals surface area contributed by atoms with Crippen molar-refractivity contribution in [3.8, 4) is 5.75 Å². The molecule has 1 aliphatic rings. The highest BCUT2D eigenvalue weighted by Gasteiger charge is 2.20. The third-order valence-corrected chi connectivity index (χ3v) is 5.45. The summed E-state index contributed by atoms with van der Waals surface area (Å²) in [6.45, 7) is 0.138. The second-order valence-corrected chi connectivity index (χ2v) is 7.77. The summed E-state index contributed by atoms with van der Waals surface area (Å²) in [5.41, 5.74) is 2.47. The summed E-state index contributed by atoms with van der Waals surface area (Å²) in [6.07, 6.45) is 2.63. The first-order chi connectivity index (χ1) is 17.0. The molecule has 5 rings (SSSR count). The lowest BCUT2D eigenvalue weighted by Crippen LogP contribution is -2.26. The number of carbonyl (C=O) groups excluding carboxylic acids is 3. The second kappa shape index (κ2) is 9.21. The largest absolute Gasteiger partial charge is 0.482 e. The first kappa shape index (κ1) is 22.0. The second-order valence-electron chi connectivity index (χ2n) is 7.77. The quantitative estimate of drug-likeness (QED) is 0.338. The molecule has 0 bridgehead atoms. The van der Waals surface area contributed by atoms with Gasteiger partial charge in [-0.3, -0.25) is 14.4 Å². The highest BCUT2D eigenvalue weighted by molar-refractivity contribution is 6.10. The van der Waals surface area contributed by atoms with Crippen LogP contribution in [0.4, 0.5) is 10.1 Å². The molecule has 3 amide bonds. The lowest BCUT2D eigenvalue weighted by molar-refractivity contribution is -0.118. The van der Waals surface area contributed by atoms with Crippen LogP contribution in [0.5, 0.6) is 5.75 Å². The van der Waals surface area contributed by atoms with Crippen LogP contribution in [0.25, 0.3) is 11.0 Å². The molecule has 3 heterocycles. The van der Waals surface area contributed by atoms with Crippen LogP contribution in [0.1, 0.15) is 32.0 Å². The Labute approximate surface area is 197 Å². The number of hydrogen-bond acceptors (Lipinski definition) is 6. The van der Waals surface area contributed by atoms with Crippen LogP contribution in [-0.4, -0.2) is 39.3 Å². The van der Waals surface area contributed by atoms with E-state index in [0.29, 0.717) is 22.5 Å². The molecule has 4 aromatic rings. The molecule has 0 atom stereocenters. The van der Waals surface area contributed by atoms with Crippen LogP contribution < -0.4 is 20.7 Å². The standard InChI is InChI=1S/C24H19FN6O4/c25-16-4-2-1-3-14(16)9-28-23(33)15-10-26-21-20(15)29-12-30-22(21)24(34)27-8-13-5-6-18-17(7-13)31-19(32)11-35-18/h1-7,10,12,26H,8-9,11H2,(H,27,34)(H,28,33)(H,31,32). The SMILES string of the molecule is O=C1COc2ccc(CNC(=O)c3ncnc4c(C(=O)NCc5ccccc5F)c[nH]c34)cc2N1. The van der Waals surface area contributed by atoms with E-state index in [4.69, 9.17) is 4.74 Å². The summed E-state index contributed by atoms with van der Waals surface area (Å²) in [6, 6.07) is 11.4. The number of anilines is 1. The Morgan fingerprint density at radius 1 is 1.06 bits per heavy atom. The van der Waals surface area contributed by atoms with Crippen molar-refractivity contribution in [1.29, 1.82) is 0 Å². The smallest absolute Gasteiger partial charge is 0.272 e. The monoisotopic (exact) mass is 474 g/mol. The van der Waals surface area contributed by atoms with Gasteiger partial charge in [0.25, 0.3) is 17.7 Å². The van der Waals surface area contributed by atoms with Gasteiger partial charge in [-0.25, -0.2) is 14.4 Å². The van der Waals surface area contributed by atoms with Gasteiger partial charge in [0.1, 0.15) is 23.4 Å². The first-order valence-corrected chi connectivity index (χ1v) is 10.7. The molecule has 0 aliphatic carbocycles. The number of H-pyrrole nitrogens is 1. The zero-order valence-electron chi connectivity index (χ0n) is 18.2. The molecule has 2 aromatic heterocycles. The number of aromatic nitrogens is 3. The van der Waals surface area contributed by atoms with E-state index in [2.05, 4.69) is 30.9 Å². The fourth-order valence-corrected chi connectivity index (χ4v) is 3.70. The molecule has 176 valence electrons. The molecule has 0 radical (unpaired) electrons. The number of ether oxygens (including phenoxy) is 1. The van der Waals surface area contributed by atoms with Crippen molar-refractivity contribution in [1.82, 2.24) is 25.6 Å². The van der Waals surface area contributed by atoms with Crippen molar-refractivity contribution in [2.24, 2.45) is 0 Å². The molecule has 10 nitrogen and oxygen atoms in total. The van der Waals surface area contributed by atoms with Crippen LogP contribution in [0.3, 0.4) is 0 Å². The molecule has 0 fully saturated rings. The summed E-state index contributed by atoms with van der Waals surface area (Å²) < 4.78 is 19.2. The molecule has 0 spiro atoms. The Bertz CT molecular complexity index is 1470. The highest BCUT2D eigenvalue weighted by atomic mass is 19.1. The van der Waals surface area contributed by atoms with E-state index in [1.54, 1.807) is 36.4 Å². The number of hydrogen-bond donors (Lipinski definition) is 4. The van der Waals surface area contributed by atoms with Crippen LogP contribution in [-0.2, 0) is 17.9 Å². The predicted molar refractivity (Wildman–Crippen MR) is 123 cm³/mol. The van der Waals surface area contributed by atoms with Gasteiger partial charge in [0.2, 0.25) is 0 Å². The fraction of sp³-hybridized carbons (Fsp3) is 0.125. The third kappa shape index (κ3) is 4.51. The minimum atomic E-state index is -0.476. The molecule has 0 saturated carbocycles. The van der Waals surface area contributed by atoms with Crippen molar-refractivity contribution in [2.45, 2.75) is 13.1 Å². The number of benzene rings is 2. The average Bonchev–Trinajstić information content (AvgIpc) is 3.31. The molecule has 0 saturated heterocycles. The number of carbonyl (C=O) groups is 3. The number of nitrogens with one attached hydrogen (secondary N) is 4. The van der Waals surface area contributed by atoms with E-state index in [0.717, 1.165) is 5.56 Å². The average molecular weight is 474 g/mol. The minimum Gasteiger partial charge on any atom is -0.482 e. The minimum absolute atomic E-state index is 0.00286. The van der Waals surface area contributed by atoms with Crippen LogP contribution >= 0.6 is 0 Å². The van der Waals surface area contributed by atoms with Crippen LogP contribution in [0.2, 0.25) is 0 Å². The topological polar surface area (TPSA) is 138 Å². The number of rotatable bonds is 6. The fourth-order valence-electron chi connectivity index (χ4n) is 3.70. The van der Waals surface area contributed by atoms with Crippen LogP contribution in [0, 0.1) is 5.82 Å². The van der Waals surface area contributed by atoms with E-state index < -0.39 is 17.6 Å². The Kier molecular flexibility index (Phi) is 5.80. The van der Waals surface area contributed by atoms with Gasteiger partial charge in [-0.2, -0.15) is 0 Å². The molecule has 2 aromatic carbocycles. The predicted octanol–water partition coefficient (Wildman–Crippen LogP) is 2.29. The summed E-state index contributed by atoms with van der Waals surface area (Å²) in [5, 5.41) is 8.15. The van der Waals surface area contributed by atoms with Crippen molar-refractivity contribution >= 4 is 34.4 Å². The van der Waals surface area contributed by atoms with Crippen molar-refractivity contribution in [3.05, 3.63) is 83.2 Å². The van der Waals surface area contributed by atoms with Crippen LogP contribution in [0.15, 0.2) is 55.0 Å². The summed E-state index contributed by atoms with van der Waals surface area (Å²) in [4.78, 5) is 48.1. The van der Waals surface area contributed by atoms with E-state index in [9.17, 15) is 18.8 Å². The molecule has 35 heavy (non-hydrogen) atoms. The van der Waals surface area contributed by atoms with Gasteiger partial charge in [-0.1, -0.05) is 24.3 Å². The van der Waals surface area contributed by atoms with E-state index >= 15 is 0 Å². The van der Waals surface area contributed by atoms with Crippen molar-refractivity contribution in [2.75, 3.05) is 11.9 Å². The molecular formula is C24H19FN6O4. The normalized spacial score (nSPS) is 12.4.